The lowest BCUT2D eigenvalue weighted by molar-refractivity contribution is -0.114. The van der Waals surface area contributed by atoms with Crippen molar-refractivity contribution in [2.45, 2.75) is 50.3 Å². The second kappa shape index (κ2) is 17.7. The van der Waals surface area contributed by atoms with Crippen molar-refractivity contribution in [2.75, 3.05) is 42.0 Å². The fourth-order valence-electron chi connectivity index (χ4n) is 5.58. The minimum absolute atomic E-state index is 0.0799. The number of carbonyl (C=O) groups is 4. The number of thioether (sulfide) groups is 1. The number of ether oxygens (including phenoxy) is 1. The largest absolute Gasteiger partial charge is 0.462 e. The van der Waals surface area contributed by atoms with Crippen LogP contribution in [0.15, 0.2) is 89.5 Å². The van der Waals surface area contributed by atoms with E-state index in [1.54, 1.807) is 55.5 Å². The number of anilines is 3. The van der Waals surface area contributed by atoms with Crippen LogP contribution in [0.3, 0.4) is 0 Å². The minimum atomic E-state index is -0.495. The Morgan fingerprint density at radius 2 is 1.62 bits per heavy atom. The number of thiophene rings is 1. The molecular formula is C39H42N4O5S2. The quantitative estimate of drug-likeness (QED) is 0.0781. The van der Waals surface area contributed by atoms with E-state index >= 15 is 0 Å². The minimum Gasteiger partial charge on any atom is -0.462 e. The first-order valence-electron chi connectivity index (χ1n) is 16.7. The molecule has 3 amide bonds. The van der Waals surface area contributed by atoms with E-state index in [9.17, 15) is 19.2 Å². The maximum atomic E-state index is 13.6. The van der Waals surface area contributed by atoms with E-state index < -0.39 is 17.8 Å². The van der Waals surface area contributed by atoms with Crippen molar-refractivity contribution in [2.24, 2.45) is 0 Å². The molecular weight excluding hydrogens is 669 g/mol. The van der Waals surface area contributed by atoms with Gasteiger partial charge >= 0.3 is 5.97 Å². The first-order valence-corrected chi connectivity index (χ1v) is 18.5. The lowest BCUT2D eigenvalue weighted by Crippen LogP contribution is -2.30. The highest BCUT2D eigenvalue weighted by Crippen LogP contribution is 2.38. The standard InChI is InChI=1S/C39H42N4O5S2/c1-4-48-39(47)35-31-17-10-5-6-11-18-33(31)50-38(35)42-34(44)25-49-30-16-12-15-28(24-30)40-37(46)32(41-36(45)27-13-8-7-9-14-27)23-26-19-21-29(22-20-26)43(2)3/h7-9,12-16,19-24H,4-6,10-11,17-18,25H2,1-3H3,(H,40,46)(H,41,45)(H,42,44)/b32-23+. The molecule has 0 spiro atoms. The first-order chi connectivity index (χ1) is 24.2. The third-order valence-electron chi connectivity index (χ3n) is 8.11. The highest BCUT2D eigenvalue weighted by molar-refractivity contribution is 8.00. The fraction of sp³-hybridized carbons (Fsp3) is 0.282. The van der Waals surface area contributed by atoms with Crippen LogP contribution < -0.4 is 20.9 Å². The van der Waals surface area contributed by atoms with Crippen LogP contribution >= 0.6 is 23.1 Å². The highest BCUT2D eigenvalue weighted by atomic mass is 32.2. The predicted octanol–water partition coefficient (Wildman–Crippen LogP) is 7.79. The molecule has 3 aromatic carbocycles. The normalized spacial score (nSPS) is 12.9. The van der Waals surface area contributed by atoms with E-state index in [0.29, 0.717) is 21.8 Å². The molecule has 1 heterocycles. The molecule has 3 N–H and O–H groups in total. The zero-order chi connectivity index (χ0) is 35.5. The topological polar surface area (TPSA) is 117 Å². The van der Waals surface area contributed by atoms with Crippen molar-refractivity contribution in [3.8, 4) is 0 Å². The SMILES string of the molecule is CCOC(=O)c1c(NC(=O)CSc2cccc(NC(=O)/C(=C\c3ccc(N(C)C)cc3)NC(=O)c3ccccc3)c2)sc2c1CCCCCC2. The molecule has 0 radical (unpaired) electrons. The second-order valence-electron chi connectivity index (χ2n) is 12.0. The van der Waals surface area contributed by atoms with E-state index in [1.165, 1.54) is 23.1 Å². The average molecular weight is 711 g/mol. The van der Waals surface area contributed by atoms with Crippen molar-refractivity contribution in [1.82, 2.24) is 5.32 Å². The van der Waals surface area contributed by atoms with Gasteiger partial charge in [-0.2, -0.15) is 0 Å². The Labute approximate surface area is 301 Å². The highest BCUT2D eigenvalue weighted by Gasteiger charge is 2.26. The van der Waals surface area contributed by atoms with Crippen molar-refractivity contribution in [3.05, 3.63) is 112 Å². The summed E-state index contributed by atoms with van der Waals surface area (Å²) in [4.78, 5) is 56.7. The molecule has 50 heavy (non-hydrogen) atoms. The summed E-state index contributed by atoms with van der Waals surface area (Å²) in [7, 11) is 3.89. The van der Waals surface area contributed by atoms with Gasteiger partial charge in [-0.15, -0.1) is 23.1 Å². The van der Waals surface area contributed by atoms with Crippen LogP contribution in [0, 0.1) is 0 Å². The van der Waals surface area contributed by atoms with Gasteiger partial charge in [-0.1, -0.05) is 49.2 Å². The lowest BCUT2D eigenvalue weighted by atomic mass is 9.96. The van der Waals surface area contributed by atoms with E-state index in [0.717, 1.165) is 65.1 Å². The molecule has 1 aliphatic rings. The Kier molecular flexibility index (Phi) is 12.9. The van der Waals surface area contributed by atoms with E-state index in [2.05, 4.69) is 16.0 Å². The predicted molar refractivity (Wildman–Crippen MR) is 203 cm³/mol. The van der Waals surface area contributed by atoms with Crippen LogP contribution in [0.1, 0.15) is 69.3 Å². The molecule has 0 fully saturated rings. The molecule has 0 unspecified atom stereocenters. The molecule has 4 aromatic rings. The number of hydrogen-bond donors (Lipinski definition) is 3. The van der Waals surface area contributed by atoms with Gasteiger partial charge in [0.05, 0.1) is 17.9 Å². The van der Waals surface area contributed by atoms with Gasteiger partial charge in [0.2, 0.25) is 5.91 Å². The zero-order valence-electron chi connectivity index (χ0n) is 28.5. The van der Waals surface area contributed by atoms with Crippen LogP contribution in [0.25, 0.3) is 6.08 Å². The molecule has 0 saturated heterocycles. The average Bonchev–Trinajstić information content (AvgIpc) is 3.43. The van der Waals surface area contributed by atoms with Gasteiger partial charge in [0, 0.05) is 40.8 Å². The Morgan fingerprint density at radius 1 is 0.880 bits per heavy atom. The number of nitrogens with zero attached hydrogens (tertiary/aromatic N) is 1. The molecule has 0 aliphatic heterocycles. The molecule has 11 heteroatoms. The Morgan fingerprint density at radius 3 is 2.34 bits per heavy atom. The van der Waals surface area contributed by atoms with Gasteiger partial charge in [-0.3, -0.25) is 14.4 Å². The van der Waals surface area contributed by atoms with Crippen molar-refractivity contribution in [3.63, 3.8) is 0 Å². The Bertz CT molecular complexity index is 1850. The Hall–Kier alpha value is -4.87. The third-order valence-corrected chi connectivity index (χ3v) is 10.3. The summed E-state index contributed by atoms with van der Waals surface area (Å²) in [6.45, 7) is 2.04. The van der Waals surface area contributed by atoms with Gasteiger partial charge in [0.15, 0.2) is 0 Å². The summed E-state index contributed by atoms with van der Waals surface area (Å²) in [6.07, 6.45) is 7.69. The van der Waals surface area contributed by atoms with Crippen LogP contribution in [0.5, 0.6) is 0 Å². The van der Waals surface area contributed by atoms with Gasteiger partial charge < -0.3 is 25.6 Å². The number of benzene rings is 3. The smallest absolute Gasteiger partial charge is 0.341 e. The number of rotatable bonds is 12. The molecule has 0 bridgehead atoms. The van der Waals surface area contributed by atoms with E-state index in [1.807, 2.05) is 55.4 Å². The number of hydrogen-bond acceptors (Lipinski definition) is 8. The number of fused-ring (bicyclic) bond motifs is 1. The molecule has 1 aliphatic carbocycles. The van der Waals surface area contributed by atoms with Crippen molar-refractivity contribution in [1.29, 1.82) is 0 Å². The number of esters is 1. The number of aryl methyl sites for hydroxylation is 1. The monoisotopic (exact) mass is 710 g/mol. The first kappa shape index (κ1) is 36.4. The van der Waals surface area contributed by atoms with Gasteiger partial charge in [-0.25, -0.2) is 4.79 Å². The Balaban J connectivity index is 1.27. The summed E-state index contributed by atoms with van der Waals surface area (Å²) >= 11 is 2.79. The third kappa shape index (κ3) is 9.86. The van der Waals surface area contributed by atoms with Crippen LogP contribution in [0.2, 0.25) is 0 Å². The summed E-state index contributed by atoms with van der Waals surface area (Å²) in [5.41, 5.74) is 4.26. The number of amides is 3. The zero-order valence-corrected chi connectivity index (χ0v) is 30.2. The molecule has 0 saturated carbocycles. The summed E-state index contributed by atoms with van der Waals surface area (Å²) < 4.78 is 5.38. The molecule has 1 aromatic heterocycles. The van der Waals surface area contributed by atoms with E-state index in [4.69, 9.17) is 4.74 Å². The van der Waals surface area contributed by atoms with Crippen molar-refractivity contribution >= 4 is 69.2 Å². The van der Waals surface area contributed by atoms with E-state index in [-0.39, 0.29) is 24.0 Å². The summed E-state index contributed by atoms with van der Waals surface area (Å²) in [5.74, 6) is -1.43. The molecule has 260 valence electrons. The molecule has 5 rings (SSSR count). The number of nitrogens with one attached hydrogen (secondary N) is 3. The second-order valence-corrected chi connectivity index (χ2v) is 14.2. The van der Waals surface area contributed by atoms with Crippen LogP contribution in [-0.4, -0.2) is 50.1 Å². The van der Waals surface area contributed by atoms with Crippen LogP contribution in [-0.2, 0) is 27.2 Å². The maximum absolute atomic E-state index is 13.6. The summed E-state index contributed by atoms with van der Waals surface area (Å²) in [6, 6.07) is 23.5. The van der Waals surface area contributed by atoms with Gasteiger partial charge in [0.25, 0.3) is 11.8 Å². The van der Waals surface area contributed by atoms with Crippen molar-refractivity contribution < 1.29 is 23.9 Å². The van der Waals surface area contributed by atoms with Crippen LogP contribution in [0.4, 0.5) is 16.4 Å². The van der Waals surface area contributed by atoms with Gasteiger partial charge in [0.1, 0.15) is 10.7 Å². The summed E-state index contributed by atoms with van der Waals surface area (Å²) in [5, 5.41) is 9.20. The van der Waals surface area contributed by atoms with Gasteiger partial charge in [-0.05, 0) is 92.3 Å². The number of carbonyl (C=O) groups excluding carboxylic acids is 4. The molecule has 9 nitrogen and oxygen atoms in total. The molecule has 0 atom stereocenters. The maximum Gasteiger partial charge on any atom is 0.341 e. The fourth-order valence-corrected chi connectivity index (χ4v) is 7.63. The lowest BCUT2D eigenvalue weighted by Gasteiger charge is -2.14.